The highest BCUT2D eigenvalue weighted by atomic mass is 127. The maximum absolute atomic E-state index is 14.0. The van der Waals surface area contributed by atoms with Gasteiger partial charge in [-0.3, -0.25) is 0 Å². The van der Waals surface area contributed by atoms with E-state index in [1.54, 1.807) is 12.1 Å². The van der Waals surface area contributed by atoms with Crippen LogP contribution < -0.4 is 4.74 Å². The van der Waals surface area contributed by atoms with Crippen LogP contribution in [0, 0.1) is 9.39 Å². The highest BCUT2D eigenvalue weighted by molar-refractivity contribution is 14.1. The average molecular weight is 455 g/mol. The first-order valence-corrected chi connectivity index (χ1v) is 7.82. The van der Waals surface area contributed by atoms with Gasteiger partial charge in [0.15, 0.2) is 0 Å². The molecule has 0 bridgehead atoms. The third kappa shape index (κ3) is 3.41. The molecule has 100 valence electrons. The summed E-state index contributed by atoms with van der Waals surface area (Å²) in [6, 6.07) is 10.5. The van der Waals surface area contributed by atoms with Gasteiger partial charge in [-0.1, -0.05) is 39.7 Å². The van der Waals surface area contributed by atoms with Gasteiger partial charge in [0.25, 0.3) is 0 Å². The molecular weight excluding hydrogens is 445 g/mol. The van der Waals surface area contributed by atoms with Crippen LogP contribution in [-0.2, 0) is 0 Å². The van der Waals surface area contributed by atoms with E-state index in [2.05, 4.69) is 38.5 Å². The highest BCUT2D eigenvalue weighted by Gasteiger charge is 2.16. The minimum atomic E-state index is -0.309. The Balaban J connectivity index is 2.38. The van der Waals surface area contributed by atoms with Crippen LogP contribution in [-0.4, -0.2) is 7.11 Å². The fourth-order valence-corrected chi connectivity index (χ4v) is 2.87. The first-order chi connectivity index (χ1) is 9.02. The van der Waals surface area contributed by atoms with Crippen LogP contribution in [0.4, 0.5) is 4.39 Å². The number of methoxy groups -OCH3 is 1. The lowest BCUT2D eigenvalue weighted by Crippen LogP contribution is -1.98. The van der Waals surface area contributed by atoms with Gasteiger partial charge >= 0.3 is 0 Å². The molecule has 19 heavy (non-hydrogen) atoms. The zero-order chi connectivity index (χ0) is 14.0. The van der Waals surface area contributed by atoms with E-state index in [1.165, 1.54) is 13.2 Å². The number of benzene rings is 2. The summed E-state index contributed by atoms with van der Waals surface area (Å²) in [5, 5.41) is 0.663. The smallest absolute Gasteiger partial charge is 0.131 e. The lowest BCUT2D eigenvalue weighted by Gasteiger charge is -2.13. The van der Waals surface area contributed by atoms with Crippen molar-refractivity contribution in [1.29, 1.82) is 0 Å². The number of rotatable bonds is 3. The van der Waals surface area contributed by atoms with Gasteiger partial charge in [0.2, 0.25) is 0 Å². The van der Waals surface area contributed by atoms with Crippen molar-refractivity contribution in [2.45, 2.75) is 4.83 Å². The first kappa shape index (κ1) is 15.1. The molecule has 1 unspecified atom stereocenters. The summed E-state index contributed by atoms with van der Waals surface area (Å²) in [7, 11) is 1.51. The molecular formula is C14H10BrClFIO. The number of ether oxygens (including phenoxy) is 1. The van der Waals surface area contributed by atoms with E-state index in [0.29, 0.717) is 16.3 Å². The minimum Gasteiger partial charge on any atom is -0.497 e. The molecule has 0 saturated carbocycles. The molecule has 0 radical (unpaired) electrons. The van der Waals surface area contributed by atoms with Crippen molar-refractivity contribution >= 4 is 50.1 Å². The summed E-state index contributed by atoms with van der Waals surface area (Å²) >= 11 is 11.8. The molecule has 0 amide bonds. The fourth-order valence-electron chi connectivity index (χ4n) is 1.69. The SMILES string of the molecule is COc1ccc(C(Br)c2ccc(I)c(Cl)c2)c(F)c1. The minimum absolute atomic E-state index is 0.243. The van der Waals surface area contributed by atoms with Gasteiger partial charge in [-0.2, -0.15) is 0 Å². The van der Waals surface area contributed by atoms with Gasteiger partial charge in [-0.25, -0.2) is 4.39 Å². The molecule has 1 atom stereocenters. The van der Waals surface area contributed by atoms with E-state index in [1.807, 2.05) is 18.2 Å². The van der Waals surface area contributed by atoms with E-state index in [0.717, 1.165) is 9.13 Å². The molecule has 0 saturated heterocycles. The largest absolute Gasteiger partial charge is 0.497 e. The van der Waals surface area contributed by atoms with E-state index in [9.17, 15) is 4.39 Å². The Morgan fingerprint density at radius 3 is 2.58 bits per heavy atom. The number of hydrogen-bond acceptors (Lipinski definition) is 1. The lowest BCUT2D eigenvalue weighted by atomic mass is 10.0. The Kier molecular flexibility index (Phi) is 5.09. The second kappa shape index (κ2) is 6.41. The number of hydrogen-bond donors (Lipinski definition) is 0. The van der Waals surface area contributed by atoms with Gasteiger partial charge < -0.3 is 4.74 Å². The molecule has 2 aromatic carbocycles. The monoisotopic (exact) mass is 454 g/mol. The maximum Gasteiger partial charge on any atom is 0.131 e. The average Bonchev–Trinajstić information content (AvgIpc) is 2.41. The van der Waals surface area contributed by atoms with Crippen molar-refractivity contribution in [2.24, 2.45) is 0 Å². The van der Waals surface area contributed by atoms with Crippen molar-refractivity contribution in [3.8, 4) is 5.75 Å². The third-order valence-electron chi connectivity index (χ3n) is 2.72. The molecule has 0 heterocycles. The summed E-state index contributed by atoms with van der Waals surface area (Å²) in [4.78, 5) is -0.243. The molecule has 0 aromatic heterocycles. The quantitative estimate of drug-likeness (QED) is 0.434. The Labute approximate surface area is 138 Å². The van der Waals surface area contributed by atoms with Crippen LogP contribution in [0.25, 0.3) is 0 Å². The normalized spacial score (nSPS) is 12.3. The summed E-state index contributed by atoms with van der Waals surface area (Å²) in [6.45, 7) is 0. The molecule has 0 aliphatic carbocycles. The molecule has 0 aliphatic heterocycles. The van der Waals surface area contributed by atoms with Crippen molar-refractivity contribution in [1.82, 2.24) is 0 Å². The predicted molar refractivity (Wildman–Crippen MR) is 87.9 cm³/mol. The van der Waals surface area contributed by atoms with Gasteiger partial charge in [-0.15, -0.1) is 0 Å². The predicted octanol–water partition coefficient (Wildman–Crippen LogP) is 5.58. The second-order valence-corrected chi connectivity index (χ2v) is 6.41. The Hall–Kier alpha value is -0.330. The zero-order valence-electron chi connectivity index (χ0n) is 9.96. The number of halogens is 4. The van der Waals surface area contributed by atoms with E-state index >= 15 is 0 Å². The molecule has 0 spiro atoms. The van der Waals surface area contributed by atoms with Gasteiger partial charge in [-0.05, 0) is 46.4 Å². The van der Waals surface area contributed by atoms with Crippen LogP contribution in [0.1, 0.15) is 16.0 Å². The van der Waals surface area contributed by atoms with Gasteiger partial charge in [0, 0.05) is 15.2 Å². The van der Waals surface area contributed by atoms with Crippen LogP contribution in [0.5, 0.6) is 5.75 Å². The summed E-state index contributed by atoms with van der Waals surface area (Å²) in [6.07, 6.45) is 0. The van der Waals surface area contributed by atoms with Gasteiger partial charge in [0.1, 0.15) is 11.6 Å². The highest BCUT2D eigenvalue weighted by Crippen LogP contribution is 2.35. The van der Waals surface area contributed by atoms with Crippen molar-refractivity contribution in [3.63, 3.8) is 0 Å². The third-order valence-corrected chi connectivity index (χ3v) is 5.31. The molecule has 0 N–H and O–H groups in total. The zero-order valence-corrected chi connectivity index (χ0v) is 14.5. The van der Waals surface area contributed by atoms with Crippen LogP contribution >= 0.6 is 50.1 Å². The standard InChI is InChI=1S/C14H10BrClFIO/c1-19-9-3-4-10(12(17)7-9)14(15)8-2-5-13(18)11(16)6-8/h2-7,14H,1H3. The summed E-state index contributed by atoms with van der Waals surface area (Å²) in [5.41, 5.74) is 1.47. The summed E-state index contributed by atoms with van der Waals surface area (Å²) < 4.78 is 20.0. The van der Waals surface area contributed by atoms with E-state index in [4.69, 9.17) is 16.3 Å². The Morgan fingerprint density at radius 2 is 2.00 bits per heavy atom. The van der Waals surface area contributed by atoms with Gasteiger partial charge in [0.05, 0.1) is 17.0 Å². The fraction of sp³-hybridized carbons (Fsp3) is 0.143. The molecule has 1 nitrogen and oxygen atoms in total. The molecule has 0 aliphatic rings. The topological polar surface area (TPSA) is 9.23 Å². The second-order valence-electron chi connectivity index (χ2n) is 3.92. The van der Waals surface area contributed by atoms with Crippen molar-refractivity contribution < 1.29 is 9.13 Å². The van der Waals surface area contributed by atoms with Crippen LogP contribution in [0.2, 0.25) is 5.02 Å². The maximum atomic E-state index is 14.0. The molecule has 5 heteroatoms. The van der Waals surface area contributed by atoms with Crippen molar-refractivity contribution in [3.05, 3.63) is 61.9 Å². The first-order valence-electron chi connectivity index (χ1n) is 5.45. The summed E-state index contributed by atoms with van der Waals surface area (Å²) in [5.74, 6) is 0.192. The molecule has 2 rings (SSSR count). The van der Waals surface area contributed by atoms with E-state index in [-0.39, 0.29) is 10.6 Å². The molecule has 0 fully saturated rings. The van der Waals surface area contributed by atoms with Crippen LogP contribution in [0.3, 0.4) is 0 Å². The van der Waals surface area contributed by atoms with Crippen LogP contribution in [0.15, 0.2) is 36.4 Å². The van der Waals surface area contributed by atoms with E-state index < -0.39 is 0 Å². The Bertz CT molecular complexity index is 606. The lowest BCUT2D eigenvalue weighted by molar-refractivity contribution is 0.411. The molecule has 2 aromatic rings. The number of alkyl halides is 1. The van der Waals surface area contributed by atoms with Crippen molar-refractivity contribution in [2.75, 3.05) is 7.11 Å². The Morgan fingerprint density at radius 1 is 1.26 bits per heavy atom.